The number of benzene rings is 2. The van der Waals surface area contributed by atoms with Crippen LogP contribution < -0.4 is 10.1 Å². The molecular weight excluding hydrogens is 416 g/mol. The van der Waals surface area contributed by atoms with Crippen LogP contribution >= 0.6 is 0 Å². The number of hydrogen-bond donors (Lipinski definition) is 1. The summed E-state index contributed by atoms with van der Waals surface area (Å²) in [5, 5.41) is 2.74. The molecule has 31 heavy (non-hydrogen) atoms. The lowest BCUT2D eigenvalue weighted by Crippen LogP contribution is -2.40. The van der Waals surface area contributed by atoms with Crippen LogP contribution in [-0.2, 0) is 19.6 Å². The third-order valence-corrected chi connectivity index (χ3v) is 6.86. The van der Waals surface area contributed by atoms with Gasteiger partial charge in [0.2, 0.25) is 15.9 Å². The highest BCUT2D eigenvalue weighted by molar-refractivity contribution is 7.89. The summed E-state index contributed by atoms with van der Waals surface area (Å²) in [6, 6.07) is 10.6. The molecule has 7 nitrogen and oxygen atoms in total. The molecule has 0 atom stereocenters. The van der Waals surface area contributed by atoms with Crippen molar-refractivity contribution in [2.24, 2.45) is 0 Å². The predicted molar refractivity (Wildman–Crippen MR) is 121 cm³/mol. The zero-order chi connectivity index (χ0) is 22.4. The summed E-state index contributed by atoms with van der Waals surface area (Å²) < 4.78 is 38.5. The van der Waals surface area contributed by atoms with Gasteiger partial charge in [-0.25, -0.2) is 8.42 Å². The summed E-state index contributed by atoms with van der Waals surface area (Å²) in [6.45, 7) is 7.38. The third kappa shape index (κ3) is 5.72. The molecule has 0 spiro atoms. The quantitative estimate of drug-likeness (QED) is 0.662. The maximum atomic E-state index is 13.2. The predicted octanol–water partition coefficient (Wildman–Crippen LogP) is 3.37. The van der Waals surface area contributed by atoms with Crippen molar-refractivity contribution in [1.29, 1.82) is 0 Å². The fourth-order valence-corrected chi connectivity index (χ4v) is 4.92. The summed E-state index contributed by atoms with van der Waals surface area (Å²) in [5.41, 5.74) is 3.56. The Kier molecular flexibility index (Phi) is 7.48. The zero-order valence-electron chi connectivity index (χ0n) is 18.1. The largest absolute Gasteiger partial charge is 0.492 e. The van der Waals surface area contributed by atoms with Crippen molar-refractivity contribution in [2.75, 3.05) is 38.2 Å². The van der Waals surface area contributed by atoms with Crippen molar-refractivity contribution in [3.63, 3.8) is 0 Å². The minimum atomic E-state index is -3.78. The summed E-state index contributed by atoms with van der Waals surface area (Å²) >= 11 is 0. The fraction of sp³-hybridized carbons (Fsp3) is 0.348. The molecule has 0 aliphatic carbocycles. The van der Waals surface area contributed by atoms with E-state index >= 15 is 0 Å². The standard InChI is InChI=1S/C23H28N2O5S/c1-4-30-21-9-8-20(16-22(21)31(27,28)25-11-13-29-14-12-25)24-23(26)10-7-19-6-5-17(2)15-18(19)3/h5-10,15-16H,4,11-14H2,1-3H3,(H,24,26)/b10-7+. The molecule has 1 saturated heterocycles. The lowest BCUT2D eigenvalue weighted by Gasteiger charge is -2.27. The summed E-state index contributed by atoms with van der Waals surface area (Å²) in [4.78, 5) is 12.5. The van der Waals surface area contributed by atoms with Gasteiger partial charge in [0.05, 0.1) is 19.8 Å². The van der Waals surface area contributed by atoms with Crippen LogP contribution in [0.4, 0.5) is 5.69 Å². The molecule has 3 rings (SSSR count). The number of ether oxygens (including phenoxy) is 2. The van der Waals surface area contributed by atoms with Crippen LogP contribution in [0, 0.1) is 13.8 Å². The number of hydrogen-bond acceptors (Lipinski definition) is 5. The van der Waals surface area contributed by atoms with Crippen molar-refractivity contribution in [2.45, 2.75) is 25.7 Å². The monoisotopic (exact) mass is 444 g/mol. The second-order valence-corrected chi connectivity index (χ2v) is 9.20. The summed E-state index contributed by atoms with van der Waals surface area (Å²) in [5.74, 6) is -0.0864. The first-order valence-electron chi connectivity index (χ1n) is 10.2. The van der Waals surface area contributed by atoms with Crippen LogP contribution in [0.15, 0.2) is 47.4 Å². The second-order valence-electron chi connectivity index (χ2n) is 7.29. The molecule has 8 heteroatoms. The van der Waals surface area contributed by atoms with E-state index in [1.165, 1.54) is 16.4 Å². The zero-order valence-corrected chi connectivity index (χ0v) is 18.9. The number of morpholine rings is 1. The van der Waals surface area contributed by atoms with Gasteiger partial charge in [-0.05, 0) is 56.2 Å². The van der Waals surface area contributed by atoms with E-state index in [2.05, 4.69) is 5.32 Å². The SMILES string of the molecule is CCOc1ccc(NC(=O)/C=C/c2ccc(C)cc2C)cc1S(=O)(=O)N1CCOCC1. The van der Waals surface area contributed by atoms with E-state index in [4.69, 9.17) is 9.47 Å². The number of nitrogens with zero attached hydrogens (tertiary/aromatic N) is 1. The Morgan fingerprint density at radius 1 is 1.16 bits per heavy atom. The van der Waals surface area contributed by atoms with Gasteiger partial charge in [0.15, 0.2) is 0 Å². The molecule has 1 amide bonds. The average Bonchev–Trinajstić information content (AvgIpc) is 2.75. The Morgan fingerprint density at radius 3 is 2.58 bits per heavy atom. The first kappa shape index (κ1) is 23.0. The van der Waals surface area contributed by atoms with Crippen molar-refractivity contribution in [3.8, 4) is 5.75 Å². The molecule has 166 valence electrons. The number of nitrogens with one attached hydrogen (secondary N) is 1. The number of anilines is 1. The summed E-state index contributed by atoms with van der Waals surface area (Å²) in [7, 11) is -3.78. The van der Waals surface area contributed by atoms with E-state index in [-0.39, 0.29) is 29.6 Å². The Hall–Kier alpha value is -2.68. The van der Waals surface area contributed by atoms with Crippen LogP contribution in [0.5, 0.6) is 5.75 Å². The van der Waals surface area contributed by atoms with Gasteiger partial charge in [0, 0.05) is 24.9 Å². The number of sulfonamides is 1. The second kappa shape index (κ2) is 10.1. The molecule has 0 aromatic heterocycles. The lowest BCUT2D eigenvalue weighted by molar-refractivity contribution is -0.111. The van der Waals surface area contributed by atoms with Gasteiger partial charge in [0.1, 0.15) is 10.6 Å². The van der Waals surface area contributed by atoms with E-state index in [0.717, 1.165) is 16.7 Å². The minimum Gasteiger partial charge on any atom is -0.492 e. The molecule has 1 fully saturated rings. The Morgan fingerprint density at radius 2 is 1.90 bits per heavy atom. The molecule has 1 aliphatic heterocycles. The van der Waals surface area contributed by atoms with E-state index in [0.29, 0.717) is 25.5 Å². The van der Waals surface area contributed by atoms with Crippen LogP contribution in [0.2, 0.25) is 0 Å². The molecule has 2 aromatic rings. The molecule has 0 radical (unpaired) electrons. The first-order valence-corrected chi connectivity index (χ1v) is 11.7. The molecule has 0 saturated carbocycles. The van der Waals surface area contributed by atoms with E-state index < -0.39 is 10.0 Å². The molecule has 1 N–H and O–H groups in total. The van der Waals surface area contributed by atoms with Gasteiger partial charge in [-0.1, -0.05) is 23.8 Å². The van der Waals surface area contributed by atoms with Crippen molar-refractivity contribution in [3.05, 3.63) is 59.2 Å². The highest BCUT2D eigenvalue weighted by atomic mass is 32.2. The van der Waals surface area contributed by atoms with Crippen LogP contribution in [-0.4, -0.2) is 51.5 Å². The van der Waals surface area contributed by atoms with Crippen molar-refractivity contribution in [1.82, 2.24) is 4.31 Å². The maximum Gasteiger partial charge on any atom is 0.248 e. The number of carbonyl (C=O) groups excluding carboxylic acids is 1. The lowest BCUT2D eigenvalue weighted by atomic mass is 10.1. The Bertz CT molecular complexity index is 1070. The van der Waals surface area contributed by atoms with E-state index in [9.17, 15) is 13.2 Å². The third-order valence-electron chi connectivity index (χ3n) is 4.94. The van der Waals surface area contributed by atoms with Gasteiger partial charge in [-0.15, -0.1) is 0 Å². The molecule has 0 unspecified atom stereocenters. The number of amides is 1. The highest BCUT2D eigenvalue weighted by Gasteiger charge is 2.29. The Balaban J connectivity index is 1.82. The maximum absolute atomic E-state index is 13.2. The van der Waals surface area contributed by atoms with Gasteiger partial charge < -0.3 is 14.8 Å². The minimum absolute atomic E-state index is 0.0346. The fourth-order valence-electron chi connectivity index (χ4n) is 3.35. The van der Waals surface area contributed by atoms with Gasteiger partial charge in [-0.3, -0.25) is 4.79 Å². The van der Waals surface area contributed by atoms with E-state index in [1.54, 1.807) is 25.1 Å². The van der Waals surface area contributed by atoms with E-state index in [1.807, 2.05) is 32.0 Å². The molecule has 2 aromatic carbocycles. The number of carbonyl (C=O) groups is 1. The molecule has 0 bridgehead atoms. The van der Waals surface area contributed by atoms with Crippen LogP contribution in [0.1, 0.15) is 23.6 Å². The van der Waals surface area contributed by atoms with Crippen molar-refractivity contribution >= 4 is 27.7 Å². The average molecular weight is 445 g/mol. The summed E-state index contributed by atoms with van der Waals surface area (Å²) in [6.07, 6.45) is 3.17. The first-order chi connectivity index (χ1) is 14.8. The number of rotatable bonds is 7. The topological polar surface area (TPSA) is 84.9 Å². The molecular formula is C23H28N2O5S. The highest BCUT2D eigenvalue weighted by Crippen LogP contribution is 2.30. The van der Waals surface area contributed by atoms with Gasteiger partial charge in [-0.2, -0.15) is 4.31 Å². The Labute approximate surface area is 183 Å². The number of aryl methyl sites for hydroxylation is 2. The smallest absolute Gasteiger partial charge is 0.248 e. The van der Waals surface area contributed by atoms with Crippen LogP contribution in [0.3, 0.4) is 0 Å². The molecule has 1 heterocycles. The van der Waals surface area contributed by atoms with Gasteiger partial charge >= 0.3 is 0 Å². The molecule has 1 aliphatic rings. The van der Waals surface area contributed by atoms with Crippen molar-refractivity contribution < 1.29 is 22.7 Å². The van der Waals surface area contributed by atoms with Gasteiger partial charge in [0.25, 0.3) is 0 Å². The normalized spacial score (nSPS) is 15.2. The van der Waals surface area contributed by atoms with Crippen LogP contribution in [0.25, 0.3) is 6.08 Å².